The molecule has 0 aliphatic heterocycles. The smallest absolute Gasteiger partial charge is 0.380 e. The molecule has 2 nitrogen and oxygen atoms in total. The quantitative estimate of drug-likeness (QED) is 0.723. The molecule has 2 aliphatic rings. The molecule has 2 atom stereocenters. The molecule has 0 bridgehead atoms. The second-order valence-electron chi connectivity index (χ2n) is 4.41. The van der Waals surface area contributed by atoms with Gasteiger partial charge >= 0.3 is 6.18 Å². The van der Waals surface area contributed by atoms with E-state index >= 15 is 0 Å². The minimum Gasteiger partial charge on any atom is -0.380 e. The van der Waals surface area contributed by atoms with Gasteiger partial charge in [-0.05, 0) is 25.7 Å². The van der Waals surface area contributed by atoms with Gasteiger partial charge in [0.15, 0.2) is 5.60 Å². The maximum absolute atomic E-state index is 12.4. The summed E-state index contributed by atoms with van der Waals surface area (Å²) in [5, 5.41) is 12.5. The van der Waals surface area contributed by atoms with Crippen LogP contribution in [0.5, 0.6) is 0 Å². The number of hydrogen-bond donors (Lipinski definition) is 2. The Morgan fingerprint density at radius 2 is 1.79 bits per heavy atom. The summed E-state index contributed by atoms with van der Waals surface area (Å²) >= 11 is 0. The van der Waals surface area contributed by atoms with E-state index in [0.29, 0.717) is 12.5 Å². The summed E-state index contributed by atoms with van der Waals surface area (Å²) in [5.74, 6) is 0. The summed E-state index contributed by atoms with van der Waals surface area (Å²) in [6, 6.07) is 0.240. The lowest BCUT2D eigenvalue weighted by atomic mass is 10.0. The summed E-state index contributed by atoms with van der Waals surface area (Å²) in [4.78, 5) is 0. The van der Waals surface area contributed by atoms with Crippen LogP contribution in [-0.4, -0.2) is 29.0 Å². The molecule has 0 saturated heterocycles. The van der Waals surface area contributed by atoms with Gasteiger partial charge in [-0.2, -0.15) is 13.2 Å². The van der Waals surface area contributed by atoms with Crippen LogP contribution < -0.4 is 5.32 Å². The van der Waals surface area contributed by atoms with Crippen LogP contribution in [0, 0.1) is 0 Å². The summed E-state index contributed by atoms with van der Waals surface area (Å²) in [6.45, 7) is 0. The minimum absolute atomic E-state index is 0.158. The van der Waals surface area contributed by atoms with Crippen LogP contribution in [0.1, 0.15) is 32.1 Å². The molecule has 0 aromatic rings. The highest BCUT2D eigenvalue weighted by molar-refractivity contribution is 4.99. The highest BCUT2D eigenvalue weighted by Gasteiger charge is 2.57. The molecule has 2 saturated carbocycles. The van der Waals surface area contributed by atoms with E-state index in [1.165, 1.54) is 0 Å². The summed E-state index contributed by atoms with van der Waals surface area (Å²) in [5.41, 5.74) is -2.44. The van der Waals surface area contributed by atoms with Crippen LogP contribution in [0.3, 0.4) is 0 Å². The van der Waals surface area contributed by atoms with Gasteiger partial charge in [-0.1, -0.05) is 0 Å². The van der Waals surface area contributed by atoms with Gasteiger partial charge < -0.3 is 10.4 Å². The summed E-state index contributed by atoms with van der Waals surface area (Å²) in [7, 11) is 0. The summed E-state index contributed by atoms with van der Waals surface area (Å²) in [6.07, 6.45) is -2.30. The van der Waals surface area contributed by atoms with Crippen molar-refractivity contribution in [1.82, 2.24) is 5.32 Å². The minimum atomic E-state index is -4.48. The van der Waals surface area contributed by atoms with Crippen molar-refractivity contribution in [3.05, 3.63) is 0 Å². The van der Waals surface area contributed by atoms with Crippen molar-refractivity contribution in [3.63, 3.8) is 0 Å². The maximum atomic E-state index is 12.4. The lowest BCUT2D eigenvalue weighted by Gasteiger charge is -2.25. The van der Waals surface area contributed by atoms with Gasteiger partial charge in [-0.25, -0.2) is 0 Å². The van der Waals surface area contributed by atoms with Crippen LogP contribution in [0.15, 0.2) is 0 Å². The lowest BCUT2D eigenvalue weighted by molar-refractivity contribution is -0.257. The molecule has 0 amide bonds. The van der Waals surface area contributed by atoms with Gasteiger partial charge in [-0.15, -0.1) is 0 Å². The molecular formula is C9H14F3NO. The second kappa shape index (κ2) is 3.10. The number of nitrogens with one attached hydrogen (secondary N) is 1. The molecule has 2 rings (SSSR count). The Morgan fingerprint density at radius 3 is 2.21 bits per heavy atom. The van der Waals surface area contributed by atoms with Gasteiger partial charge in [0.1, 0.15) is 0 Å². The fourth-order valence-corrected chi connectivity index (χ4v) is 2.01. The third-order valence-corrected chi connectivity index (χ3v) is 3.07. The molecule has 0 aromatic heterocycles. The van der Waals surface area contributed by atoms with Crippen molar-refractivity contribution < 1.29 is 18.3 Å². The van der Waals surface area contributed by atoms with Gasteiger partial charge in [0.05, 0.1) is 0 Å². The fourth-order valence-electron chi connectivity index (χ4n) is 2.01. The fraction of sp³-hybridized carbons (Fsp3) is 1.00. The molecule has 0 heterocycles. The van der Waals surface area contributed by atoms with Crippen LogP contribution in [0.4, 0.5) is 13.2 Å². The number of hydrogen-bond acceptors (Lipinski definition) is 2. The predicted octanol–water partition coefficient (Wildman–Crippen LogP) is 1.58. The van der Waals surface area contributed by atoms with E-state index in [2.05, 4.69) is 5.32 Å². The number of aliphatic hydroxyl groups is 1. The molecular weight excluding hydrogens is 195 g/mol. The SMILES string of the molecule is OC1(C(F)(F)F)CCC(NC2CC2)C1. The van der Waals surface area contributed by atoms with E-state index in [9.17, 15) is 18.3 Å². The zero-order valence-corrected chi connectivity index (χ0v) is 7.77. The predicted molar refractivity (Wildman–Crippen MR) is 44.8 cm³/mol. The Hall–Kier alpha value is -0.290. The third kappa shape index (κ3) is 1.88. The van der Waals surface area contributed by atoms with E-state index in [-0.39, 0.29) is 18.9 Å². The van der Waals surface area contributed by atoms with Gasteiger partial charge in [0.25, 0.3) is 0 Å². The average molecular weight is 209 g/mol. The Bertz CT molecular complexity index is 227. The van der Waals surface area contributed by atoms with Crippen LogP contribution in [0.2, 0.25) is 0 Å². The first-order valence-electron chi connectivity index (χ1n) is 4.96. The van der Waals surface area contributed by atoms with E-state index in [1.54, 1.807) is 0 Å². The zero-order valence-electron chi connectivity index (χ0n) is 7.77. The van der Waals surface area contributed by atoms with Gasteiger partial charge in [0.2, 0.25) is 0 Å². The Kier molecular flexibility index (Phi) is 2.27. The Labute approximate surface area is 80.5 Å². The van der Waals surface area contributed by atoms with Crippen molar-refractivity contribution >= 4 is 0 Å². The normalized spacial score (nSPS) is 39.0. The molecule has 2 fully saturated rings. The first kappa shape index (κ1) is 10.2. The van der Waals surface area contributed by atoms with E-state index < -0.39 is 11.8 Å². The maximum Gasteiger partial charge on any atom is 0.417 e. The standard InChI is InChI=1S/C9H14F3NO/c10-9(11,12)8(14)4-3-7(5-8)13-6-1-2-6/h6-7,13-14H,1-5H2. The monoisotopic (exact) mass is 209 g/mol. The van der Waals surface area contributed by atoms with Crippen LogP contribution in [-0.2, 0) is 0 Å². The first-order valence-corrected chi connectivity index (χ1v) is 4.96. The molecule has 2 N–H and O–H groups in total. The second-order valence-corrected chi connectivity index (χ2v) is 4.41. The molecule has 2 unspecified atom stereocenters. The summed E-state index contributed by atoms with van der Waals surface area (Å²) < 4.78 is 37.2. The molecule has 82 valence electrons. The van der Waals surface area contributed by atoms with E-state index in [1.807, 2.05) is 0 Å². The lowest BCUT2D eigenvalue weighted by Crippen LogP contribution is -2.44. The topological polar surface area (TPSA) is 32.3 Å². The molecule has 0 radical (unpaired) electrons. The highest BCUT2D eigenvalue weighted by atomic mass is 19.4. The van der Waals surface area contributed by atoms with Crippen molar-refractivity contribution in [2.45, 2.75) is 56.0 Å². The molecule has 2 aliphatic carbocycles. The van der Waals surface area contributed by atoms with Crippen molar-refractivity contribution in [1.29, 1.82) is 0 Å². The number of halogens is 3. The van der Waals surface area contributed by atoms with Crippen LogP contribution >= 0.6 is 0 Å². The van der Waals surface area contributed by atoms with Crippen molar-refractivity contribution in [2.75, 3.05) is 0 Å². The first-order chi connectivity index (χ1) is 6.41. The number of alkyl halides is 3. The van der Waals surface area contributed by atoms with Crippen LogP contribution in [0.25, 0.3) is 0 Å². The molecule has 0 spiro atoms. The largest absolute Gasteiger partial charge is 0.417 e. The van der Waals surface area contributed by atoms with Crippen molar-refractivity contribution in [3.8, 4) is 0 Å². The van der Waals surface area contributed by atoms with Crippen molar-refractivity contribution in [2.24, 2.45) is 0 Å². The third-order valence-electron chi connectivity index (χ3n) is 3.07. The molecule has 14 heavy (non-hydrogen) atoms. The Balaban J connectivity index is 1.91. The molecule has 0 aromatic carbocycles. The van der Waals surface area contributed by atoms with Gasteiger partial charge in [-0.3, -0.25) is 0 Å². The van der Waals surface area contributed by atoms with E-state index in [4.69, 9.17) is 0 Å². The number of rotatable bonds is 2. The van der Waals surface area contributed by atoms with Gasteiger partial charge in [0, 0.05) is 18.5 Å². The average Bonchev–Trinajstić information content (AvgIpc) is 2.74. The van der Waals surface area contributed by atoms with E-state index in [0.717, 1.165) is 12.8 Å². The molecule has 5 heteroatoms. The highest BCUT2D eigenvalue weighted by Crippen LogP contribution is 2.43. The zero-order chi connectivity index (χ0) is 10.4. The Morgan fingerprint density at radius 1 is 1.14 bits per heavy atom.